The second-order valence-corrected chi connectivity index (χ2v) is 6.50. The molecule has 0 heterocycles. The Morgan fingerprint density at radius 3 is 2.32 bits per heavy atom. The smallest absolute Gasteiger partial charge is 0.338 e. The lowest BCUT2D eigenvalue weighted by atomic mass is 10.0. The van der Waals surface area contributed by atoms with Gasteiger partial charge in [0.25, 0.3) is 0 Å². The average Bonchev–Trinajstić information content (AvgIpc) is 2.63. The van der Waals surface area contributed by atoms with Crippen LogP contribution in [0.4, 0.5) is 0 Å². The van der Waals surface area contributed by atoms with E-state index >= 15 is 0 Å². The van der Waals surface area contributed by atoms with Crippen LogP contribution in [0.2, 0.25) is 0 Å². The molecule has 2 rings (SSSR count). The van der Waals surface area contributed by atoms with Crippen molar-refractivity contribution in [1.82, 2.24) is 0 Å². The summed E-state index contributed by atoms with van der Waals surface area (Å²) in [7, 11) is 0. The highest BCUT2D eigenvalue weighted by Gasteiger charge is 2.13. The van der Waals surface area contributed by atoms with Crippen LogP contribution < -0.4 is 9.47 Å². The molecule has 1 atom stereocenters. The third kappa shape index (κ3) is 5.09. The predicted octanol–water partition coefficient (Wildman–Crippen LogP) is 5.92. The van der Waals surface area contributed by atoms with Crippen LogP contribution in [0.1, 0.15) is 46.5 Å². The minimum absolute atomic E-state index is 0.381. The molecule has 0 radical (unpaired) electrons. The van der Waals surface area contributed by atoms with E-state index in [-0.39, 0.29) is 0 Å². The molecule has 0 aromatic heterocycles. The van der Waals surface area contributed by atoms with Crippen molar-refractivity contribution in [2.75, 3.05) is 6.61 Å². The topological polar surface area (TPSA) is 35.5 Å². The van der Waals surface area contributed by atoms with Gasteiger partial charge in [-0.1, -0.05) is 64.0 Å². The van der Waals surface area contributed by atoms with Crippen LogP contribution in [-0.2, 0) is 4.79 Å². The van der Waals surface area contributed by atoms with E-state index in [1.165, 1.54) is 19.3 Å². The Morgan fingerprint density at radius 2 is 1.72 bits per heavy atom. The van der Waals surface area contributed by atoms with Gasteiger partial charge in [-0.15, -0.1) is 0 Å². The first kappa shape index (κ1) is 19.0. The van der Waals surface area contributed by atoms with E-state index in [0.717, 1.165) is 22.9 Å². The van der Waals surface area contributed by atoms with Gasteiger partial charge in [0.2, 0.25) is 0 Å². The molecule has 0 aliphatic rings. The van der Waals surface area contributed by atoms with Crippen LogP contribution in [-0.4, -0.2) is 12.6 Å². The Balaban J connectivity index is 2.22. The lowest BCUT2D eigenvalue weighted by Gasteiger charge is -2.17. The molecule has 3 nitrogen and oxygen atoms in total. The fourth-order valence-electron chi connectivity index (χ4n) is 2.75. The number of fused-ring (bicyclic) bond motifs is 1. The second-order valence-electron chi connectivity index (χ2n) is 6.50. The van der Waals surface area contributed by atoms with Crippen molar-refractivity contribution >= 4 is 16.7 Å². The molecule has 0 amide bonds. The summed E-state index contributed by atoms with van der Waals surface area (Å²) in [6, 6.07) is 11.5. The lowest BCUT2D eigenvalue weighted by molar-refractivity contribution is -0.129. The molecule has 134 valence electrons. The Kier molecular flexibility index (Phi) is 7.05. The summed E-state index contributed by atoms with van der Waals surface area (Å²) in [6.07, 6.45) is 4.76. The Bertz CT molecular complexity index is 733. The fourth-order valence-corrected chi connectivity index (χ4v) is 2.75. The molecular formula is C22H28O3. The molecule has 0 bridgehead atoms. The Hall–Kier alpha value is -2.29. The Morgan fingerprint density at radius 1 is 1.08 bits per heavy atom. The zero-order valence-corrected chi connectivity index (χ0v) is 15.5. The van der Waals surface area contributed by atoms with Crippen molar-refractivity contribution in [3.63, 3.8) is 0 Å². The van der Waals surface area contributed by atoms with E-state index in [9.17, 15) is 4.79 Å². The van der Waals surface area contributed by atoms with Crippen LogP contribution >= 0.6 is 0 Å². The summed E-state index contributed by atoms with van der Waals surface area (Å²) in [5, 5.41) is 1.83. The normalized spacial score (nSPS) is 12.0. The zero-order valence-electron chi connectivity index (χ0n) is 15.5. The van der Waals surface area contributed by atoms with E-state index in [1.807, 2.05) is 30.3 Å². The van der Waals surface area contributed by atoms with E-state index in [1.54, 1.807) is 13.0 Å². The van der Waals surface area contributed by atoms with Gasteiger partial charge in [0.15, 0.2) is 0 Å². The van der Waals surface area contributed by atoms with Gasteiger partial charge in [0.1, 0.15) is 11.5 Å². The highest BCUT2D eigenvalue weighted by Crippen LogP contribution is 2.34. The molecule has 0 saturated heterocycles. The number of hydrogen-bond donors (Lipinski definition) is 0. The molecule has 2 aromatic rings. The number of ether oxygens (including phenoxy) is 2. The van der Waals surface area contributed by atoms with Crippen LogP contribution in [0.15, 0.2) is 48.6 Å². The highest BCUT2D eigenvalue weighted by molar-refractivity contribution is 5.97. The average molecular weight is 340 g/mol. The summed E-state index contributed by atoms with van der Waals surface area (Å²) in [5.41, 5.74) is 0.381. The minimum atomic E-state index is -0.413. The highest BCUT2D eigenvalue weighted by atomic mass is 16.5. The SMILES string of the molecule is C=C(C)C(=O)Oc1ccc(OCC(CC)CCCC)c2ccccc12. The number of rotatable bonds is 9. The lowest BCUT2D eigenvalue weighted by Crippen LogP contribution is -2.12. The number of hydrogen-bond acceptors (Lipinski definition) is 3. The quantitative estimate of drug-likeness (QED) is 0.323. The van der Waals surface area contributed by atoms with Crippen LogP contribution in [0.5, 0.6) is 11.5 Å². The monoisotopic (exact) mass is 340 g/mol. The zero-order chi connectivity index (χ0) is 18.2. The number of unbranched alkanes of at least 4 members (excludes halogenated alkanes) is 1. The maximum absolute atomic E-state index is 11.8. The number of esters is 1. The maximum atomic E-state index is 11.8. The van der Waals surface area contributed by atoms with E-state index in [0.29, 0.717) is 23.8 Å². The largest absolute Gasteiger partial charge is 0.493 e. The summed E-state index contributed by atoms with van der Waals surface area (Å²) in [4.78, 5) is 11.8. The van der Waals surface area contributed by atoms with Crippen molar-refractivity contribution in [3.05, 3.63) is 48.6 Å². The molecule has 25 heavy (non-hydrogen) atoms. The molecular weight excluding hydrogens is 312 g/mol. The van der Waals surface area contributed by atoms with Gasteiger partial charge in [-0.2, -0.15) is 0 Å². The molecule has 0 aliphatic heterocycles. The number of carbonyl (C=O) groups is 1. The van der Waals surface area contributed by atoms with Crippen molar-refractivity contribution in [3.8, 4) is 11.5 Å². The van der Waals surface area contributed by atoms with Crippen LogP contribution in [0.25, 0.3) is 10.8 Å². The van der Waals surface area contributed by atoms with E-state index in [2.05, 4.69) is 20.4 Å². The van der Waals surface area contributed by atoms with Crippen LogP contribution in [0, 0.1) is 5.92 Å². The van der Waals surface area contributed by atoms with E-state index in [4.69, 9.17) is 9.47 Å². The summed E-state index contributed by atoms with van der Waals surface area (Å²) in [6.45, 7) is 10.4. The number of benzene rings is 2. The third-order valence-electron chi connectivity index (χ3n) is 4.41. The van der Waals surface area contributed by atoms with Crippen LogP contribution in [0.3, 0.4) is 0 Å². The first-order chi connectivity index (χ1) is 12.1. The van der Waals surface area contributed by atoms with Gasteiger partial charge in [-0.05, 0) is 31.4 Å². The minimum Gasteiger partial charge on any atom is -0.493 e. The third-order valence-corrected chi connectivity index (χ3v) is 4.41. The standard InChI is InChI=1S/C22H28O3/c1-5-7-10-17(6-2)15-24-20-13-14-21(25-22(23)16(3)4)19-12-9-8-11-18(19)20/h8-9,11-14,17H,3,5-7,10,15H2,1-2,4H3. The summed E-state index contributed by atoms with van der Waals surface area (Å²) < 4.78 is 11.6. The predicted molar refractivity (Wildman–Crippen MR) is 103 cm³/mol. The van der Waals surface area contributed by atoms with Crippen molar-refractivity contribution in [2.45, 2.75) is 46.5 Å². The van der Waals surface area contributed by atoms with Gasteiger partial charge < -0.3 is 9.47 Å². The summed E-state index contributed by atoms with van der Waals surface area (Å²) in [5.74, 6) is 1.53. The molecule has 0 N–H and O–H groups in total. The first-order valence-corrected chi connectivity index (χ1v) is 9.09. The molecule has 0 spiro atoms. The second kappa shape index (κ2) is 9.26. The maximum Gasteiger partial charge on any atom is 0.338 e. The molecule has 1 unspecified atom stereocenters. The molecule has 2 aromatic carbocycles. The first-order valence-electron chi connectivity index (χ1n) is 9.09. The Labute approximate surface area is 150 Å². The number of carbonyl (C=O) groups excluding carboxylic acids is 1. The fraction of sp³-hybridized carbons (Fsp3) is 0.409. The van der Waals surface area contributed by atoms with Gasteiger partial charge in [0, 0.05) is 16.3 Å². The van der Waals surface area contributed by atoms with Gasteiger partial charge in [0.05, 0.1) is 6.61 Å². The van der Waals surface area contributed by atoms with Crippen molar-refractivity contribution in [1.29, 1.82) is 0 Å². The molecule has 0 fully saturated rings. The van der Waals surface area contributed by atoms with Gasteiger partial charge >= 0.3 is 5.97 Å². The van der Waals surface area contributed by atoms with Gasteiger partial charge in [-0.25, -0.2) is 4.79 Å². The van der Waals surface area contributed by atoms with Crippen molar-refractivity contribution < 1.29 is 14.3 Å². The molecule has 0 aliphatic carbocycles. The van der Waals surface area contributed by atoms with E-state index < -0.39 is 5.97 Å². The molecule has 3 heteroatoms. The van der Waals surface area contributed by atoms with Gasteiger partial charge in [-0.3, -0.25) is 0 Å². The van der Waals surface area contributed by atoms with Crippen molar-refractivity contribution in [2.24, 2.45) is 5.92 Å². The summed E-state index contributed by atoms with van der Waals surface area (Å²) >= 11 is 0. The molecule has 0 saturated carbocycles.